The number of hydrogen-bond donors (Lipinski definition) is 0. The molecule has 1 amide bonds. The van der Waals surface area contributed by atoms with Gasteiger partial charge in [0, 0.05) is 18.8 Å². The van der Waals surface area contributed by atoms with E-state index >= 15 is 0 Å². The van der Waals surface area contributed by atoms with Crippen molar-refractivity contribution in [1.82, 2.24) is 4.90 Å². The molecule has 0 bridgehead atoms. The van der Waals surface area contributed by atoms with E-state index in [1.165, 1.54) is 0 Å². The fourth-order valence-corrected chi connectivity index (χ4v) is 2.82. The van der Waals surface area contributed by atoms with E-state index in [1.54, 1.807) is 4.90 Å². The molecule has 1 fully saturated rings. The van der Waals surface area contributed by atoms with E-state index in [1.807, 2.05) is 20.8 Å². The Balaban J connectivity index is 2.41. The lowest BCUT2D eigenvalue weighted by Gasteiger charge is -2.24. The lowest BCUT2D eigenvalue weighted by atomic mass is 10.2. The third-order valence-corrected chi connectivity index (χ3v) is 3.42. The van der Waals surface area contributed by atoms with Crippen molar-refractivity contribution >= 4 is 26.8 Å². The monoisotopic (exact) mass is 267 g/mol. The van der Waals surface area contributed by atoms with Crippen molar-refractivity contribution in [1.29, 1.82) is 0 Å². The maximum absolute atomic E-state index is 11.7. The Kier molecular flexibility index (Phi) is 4.62. The van der Waals surface area contributed by atoms with Crippen molar-refractivity contribution in [2.75, 3.05) is 18.8 Å². The van der Waals surface area contributed by atoms with Gasteiger partial charge < -0.3 is 9.64 Å². The van der Waals surface area contributed by atoms with E-state index in [9.17, 15) is 9.00 Å². The molecule has 0 aromatic heterocycles. The zero-order valence-corrected chi connectivity index (χ0v) is 11.4. The first-order valence-electron chi connectivity index (χ1n) is 5.30. The highest BCUT2D eigenvalue weighted by molar-refractivity contribution is 8.08. The largest absolute Gasteiger partial charge is 0.444 e. The van der Waals surface area contributed by atoms with Crippen molar-refractivity contribution in [2.45, 2.75) is 32.8 Å². The van der Waals surface area contributed by atoms with Crippen LogP contribution in [-0.2, 0) is 14.7 Å². The predicted octanol–water partition coefficient (Wildman–Crippen LogP) is 2.15. The fraction of sp³-hybridized carbons (Fsp3) is 0.900. The second-order valence-corrected chi connectivity index (χ2v) is 6.98. The van der Waals surface area contributed by atoms with Crippen LogP contribution in [0.5, 0.6) is 0 Å². The van der Waals surface area contributed by atoms with E-state index in [-0.39, 0.29) is 12.0 Å². The van der Waals surface area contributed by atoms with E-state index in [0.717, 1.165) is 6.42 Å². The summed E-state index contributed by atoms with van der Waals surface area (Å²) in [5.74, 6) is 0.673. The molecule has 4 nitrogen and oxygen atoms in total. The summed E-state index contributed by atoms with van der Waals surface area (Å²) in [6, 6.07) is 0. The summed E-state index contributed by atoms with van der Waals surface area (Å²) in [5, 5.41) is 0. The lowest BCUT2D eigenvalue weighted by Crippen LogP contribution is -2.35. The maximum atomic E-state index is 11.7. The second kappa shape index (κ2) is 5.36. The third-order valence-electron chi connectivity index (χ3n) is 2.30. The predicted molar refractivity (Wildman–Crippen MR) is 64.8 cm³/mol. The molecule has 1 aliphatic rings. The Bertz CT molecular complexity index is 290. The minimum Gasteiger partial charge on any atom is -0.444 e. The maximum Gasteiger partial charge on any atom is 0.410 e. The molecule has 1 saturated heterocycles. The summed E-state index contributed by atoms with van der Waals surface area (Å²) in [4.78, 5) is 13.3. The lowest BCUT2D eigenvalue weighted by molar-refractivity contribution is 0.0289. The Hall–Kier alpha value is -0.290. The zero-order chi connectivity index (χ0) is 12.3. The van der Waals surface area contributed by atoms with Gasteiger partial charge in [-0.15, -0.1) is 0 Å². The van der Waals surface area contributed by atoms with E-state index in [2.05, 4.69) is 0 Å². The van der Waals surface area contributed by atoms with Gasteiger partial charge in [0.15, 0.2) is 0 Å². The summed E-state index contributed by atoms with van der Waals surface area (Å²) in [7, 11) is 4.12. The molecule has 0 aromatic carbocycles. The van der Waals surface area contributed by atoms with Crippen molar-refractivity contribution in [3.63, 3.8) is 0 Å². The van der Waals surface area contributed by atoms with Crippen LogP contribution in [0, 0.1) is 5.92 Å². The molecule has 1 rings (SSSR count). The van der Waals surface area contributed by atoms with Crippen LogP contribution >= 0.6 is 10.7 Å². The van der Waals surface area contributed by atoms with Crippen LogP contribution in [0.15, 0.2) is 0 Å². The van der Waals surface area contributed by atoms with Gasteiger partial charge in [0.05, 0.1) is 0 Å². The summed E-state index contributed by atoms with van der Waals surface area (Å²) in [5.41, 5.74) is -0.468. The Morgan fingerprint density at radius 3 is 2.69 bits per heavy atom. The molecule has 16 heavy (non-hydrogen) atoms. The van der Waals surface area contributed by atoms with Crippen molar-refractivity contribution < 1.29 is 13.7 Å². The number of amides is 1. The normalized spacial score (nSPS) is 23.2. The van der Waals surface area contributed by atoms with Crippen molar-refractivity contribution in [3.8, 4) is 0 Å². The molecule has 0 N–H and O–H groups in total. The van der Waals surface area contributed by atoms with Gasteiger partial charge in [-0.25, -0.2) is 9.00 Å². The van der Waals surface area contributed by atoms with Gasteiger partial charge in [0.25, 0.3) is 0 Å². The van der Waals surface area contributed by atoms with Crippen LogP contribution in [0.3, 0.4) is 0 Å². The topological polar surface area (TPSA) is 46.6 Å². The summed E-state index contributed by atoms with van der Waals surface area (Å²) in [6.07, 6.45) is 0.549. The van der Waals surface area contributed by atoms with Crippen LogP contribution in [-0.4, -0.2) is 39.6 Å². The van der Waals surface area contributed by atoms with Crippen molar-refractivity contribution in [3.05, 3.63) is 0 Å². The molecular formula is C10H18ClNO3S. The van der Waals surface area contributed by atoms with Crippen LogP contribution in [0.25, 0.3) is 0 Å². The molecule has 0 aliphatic carbocycles. The minimum atomic E-state index is -1.31. The highest BCUT2D eigenvalue weighted by Gasteiger charge is 2.30. The van der Waals surface area contributed by atoms with Gasteiger partial charge in [0.1, 0.15) is 15.6 Å². The first-order valence-corrected chi connectivity index (χ1v) is 7.45. The Labute approximate surface area is 103 Å². The van der Waals surface area contributed by atoms with Gasteiger partial charge in [-0.1, -0.05) is 0 Å². The molecule has 2 unspecified atom stereocenters. The highest BCUT2D eigenvalue weighted by Crippen LogP contribution is 2.20. The number of carbonyl (C=O) groups is 1. The van der Waals surface area contributed by atoms with Crippen LogP contribution in [0.4, 0.5) is 4.79 Å². The van der Waals surface area contributed by atoms with Gasteiger partial charge in [0.2, 0.25) is 0 Å². The van der Waals surface area contributed by atoms with Crippen molar-refractivity contribution in [2.24, 2.45) is 5.92 Å². The molecule has 1 heterocycles. The smallest absolute Gasteiger partial charge is 0.410 e. The molecule has 2 atom stereocenters. The molecule has 1 aliphatic heterocycles. The fourth-order valence-electron chi connectivity index (χ4n) is 1.65. The first kappa shape index (κ1) is 13.8. The van der Waals surface area contributed by atoms with Gasteiger partial charge in [-0.2, -0.15) is 0 Å². The number of halogens is 1. The molecule has 0 aromatic rings. The first-order chi connectivity index (χ1) is 7.28. The molecular weight excluding hydrogens is 250 g/mol. The summed E-state index contributed by atoms with van der Waals surface area (Å²) < 4.78 is 16.1. The number of ether oxygens (including phenoxy) is 1. The average Bonchev–Trinajstić information content (AvgIpc) is 2.48. The molecule has 0 saturated carbocycles. The van der Waals surface area contributed by atoms with Gasteiger partial charge >= 0.3 is 6.09 Å². The average molecular weight is 268 g/mol. The van der Waals surface area contributed by atoms with Crippen LogP contribution in [0.1, 0.15) is 27.2 Å². The van der Waals surface area contributed by atoms with E-state index in [0.29, 0.717) is 18.8 Å². The van der Waals surface area contributed by atoms with Crippen LogP contribution in [0.2, 0.25) is 0 Å². The quantitative estimate of drug-likeness (QED) is 0.720. The highest BCUT2D eigenvalue weighted by atomic mass is 35.7. The number of likely N-dealkylation sites (tertiary alicyclic amines) is 1. The number of nitrogens with zero attached hydrogens (tertiary/aromatic N) is 1. The molecule has 0 radical (unpaired) electrons. The molecule has 94 valence electrons. The zero-order valence-electron chi connectivity index (χ0n) is 9.86. The minimum absolute atomic E-state index is 0.228. The standard InChI is InChI=1S/C10H18ClNO3S/c1-10(2,3)15-9(13)12-5-4-8(6-12)7-16(11)14/h8H,4-7H2,1-3H3. The third kappa shape index (κ3) is 4.70. The summed E-state index contributed by atoms with van der Waals surface area (Å²) >= 11 is 0. The molecule has 6 heteroatoms. The van der Waals surface area contributed by atoms with Gasteiger partial charge in [-0.05, 0) is 43.8 Å². The van der Waals surface area contributed by atoms with Crippen LogP contribution < -0.4 is 0 Å². The number of hydrogen-bond acceptors (Lipinski definition) is 3. The second-order valence-electron chi connectivity index (χ2n) is 5.04. The van der Waals surface area contributed by atoms with E-state index < -0.39 is 15.6 Å². The van der Waals surface area contributed by atoms with Gasteiger partial charge in [-0.3, -0.25) is 0 Å². The summed E-state index contributed by atoms with van der Waals surface area (Å²) in [6.45, 7) is 6.77. The van der Waals surface area contributed by atoms with E-state index in [4.69, 9.17) is 15.4 Å². The number of carbonyl (C=O) groups excluding carboxylic acids is 1. The molecule has 0 spiro atoms. The Morgan fingerprint density at radius 2 is 2.19 bits per heavy atom. The number of rotatable bonds is 2. The SMILES string of the molecule is CC(C)(C)OC(=O)N1CCC(CS(=O)Cl)C1. The Morgan fingerprint density at radius 1 is 1.56 bits per heavy atom.